The highest BCUT2D eigenvalue weighted by atomic mass is 16.5. The minimum Gasteiger partial charge on any atom is -0.490 e. The zero-order valence-electron chi connectivity index (χ0n) is 12.6. The van der Waals surface area contributed by atoms with Crippen molar-refractivity contribution in [1.29, 1.82) is 0 Å². The van der Waals surface area contributed by atoms with Crippen molar-refractivity contribution in [3.8, 4) is 5.75 Å². The van der Waals surface area contributed by atoms with E-state index in [2.05, 4.69) is 31.2 Å². The highest BCUT2D eigenvalue weighted by molar-refractivity contribution is 5.30. The molecule has 20 heavy (non-hydrogen) atoms. The van der Waals surface area contributed by atoms with Crippen LogP contribution in [0.4, 0.5) is 0 Å². The monoisotopic (exact) mass is 273 g/mol. The van der Waals surface area contributed by atoms with Crippen molar-refractivity contribution in [2.24, 2.45) is 17.6 Å². The SMILES string of the molecule is CCC1CCCC(C(N)c2ccc(OC3CC3)cc2)C1. The van der Waals surface area contributed by atoms with Crippen LogP contribution in [0.1, 0.15) is 63.5 Å². The van der Waals surface area contributed by atoms with Crippen molar-refractivity contribution in [2.75, 3.05) is 0 Å². The van der Waals surface area contributed by atoms with E-state index in [-0.39, 0.29) is 6.04 Å². The Balaban J connectivity index is 1.61. The third kappa shape index (κ3) is 3.35. The van der Waals surface area contributed by atoms with Gasteiger partial charge in [0.25, 0.3) is 0 Å². The first kappa shape index (κ1) is 13.9. The summed E-state index contributed by atoms with van der Waals surface area (Å²) in [6.07, 6.45) is 9.53. The molecule has 2 aliphatic carbocycles. The number of ether oxygens (including phenoxy) is 1. The predicted molar refractivity (Wildman–Crippen MR) is 82.8 cm³/mol. The number of nitrogens with two attached hydrogens (primary N) is 1. The average molecular weight is 273 g/mol. The van der Waals surface area contributed by atoms with E-state index in [1.54, 1.807) is 0 Å². The molecule has 0 aromatic heterocycles. The van der Waals surface area contributed by atoms with Crippen LogP contribution >= 0.6 is 0 Å². The third-order valence-corrected chi connectivity index (χ3v) is 5.00. The lowest BCUT2D eigenvalue weighted by Crippen LogP contribution is -2.26. The molecular weight excluding hydrogens is 246 g/mol. The van der Waals surface area contributed by atoms with Crippen molar-refractivity contribution >= 4 is 0 Å². The summed E-state index contributed by atoms with van der Waals surface area (Å²) in [5.74, 6) is 2.54. The summed E-state index contributed by atoms with van der Waals surface area (Å²) in [6.45, 7) is 2.31. The number of hydrogen-bond acceptors (Lipinski definition) is 2. The fourth-order valence-corrected chi connectivity index (χ4v) is 3.45. The second kappa shape index (κ2) is 6.17. The molecule has 1 aromatic carbocycles. The van der Waals surface area contributed by atoms with Crippen molar-refractivity contribution in [2.45, 2.75) is 64.0 Å². The fourth-order valence-electron chi connectivity index (χ4n) is 3.45. The molecule has 2 aliphatic rings. The quantitative estimate of drug-likeness (QED) is 0.860. The minimum absolute atomic E-state index is 0.194. The maximum absolute atomic E-state index is 6.51. The van der Waals surface area contributed by atoms with Gasteiger partial charge in [0.15, 0.2) is 0 Å². The van der Waals surface area contributed by atoms with Crippen LogP contribution in [-0.2, 0) is 0 Å². The predicted octanol–water partition coefficient (Wildman–Crippen LogP) is 4.44. The van der Waals surface area contributed by atoms with Gasteiger partial charge in [-0.05, 0) is 55.2 Å². The van der Waals surface area contributed by atoms with Crippen LogP contribution in [0.15, 0.2) is 24.3 Å². The first-order valence-corrected chi connectivity index (χ1v) is 8.28. The summed E-state index contributed by atoms with van der Waals surface area (Å²) < 4.78 is 5.80. The molecule has 0 radical (unpaired) electrons. The lowest BCUT2D eigenvalue weighted by Gasteiger charge is -2.32. The van der Waals surface area contributed by atoms with Gasteiger partial charge in [-0.25, -0.2) is 0 Å². The second-order valence-electron chi connectivity index (χ2n) is 6.61. The average Bonchev–Trinajstić information content (AvgIpc) is 3.31. The lowest BCUT2D eigenvalue weighted by molar-refractivity contribution is 0.230. The van der Waals surface area contributed by atoms with Gasteiger partial charge in [-0.15, -0.1) is 0 Å². The third-order valence-electron chi connectivity index (χ3n) is 5.00. The zero-order valence-corrected chi connectivity index (χ0v) is 12.6. The molecule has 0 bridgehead atoms. The lowest BCUT2D eigenvalue weighted by atomic mass is 9.75. The Bertz CT molecular complexity index is 424. The highest BCUT2D eigenvalue weighted by Crippen LogP contribution is 2.37. The van der Waals surface area contributed by atoms with Crippen molar-refractivity contribution in [3.63, 3.8) is 0 Å². The molecule has 0 spiro atoms. The summed E-state index contributed by atoms with van der Waals surface area (Å²) in [5.41, 5.74) is 7.78. The van der Waals surface area contributed by atoms with Gasteiger partial charge in [-0.3, -0.25) is 0 Å². The minimum atomic E-state index is 0.194. The van der Waals surface area contributed by atoms with Gasteiger partial charge in [0.2, 0.25) is 0 Å². The molecule has 3 unspecified atom stereocenters. The summed E-state index contributed by atoms with van der Waals surface area (Å²) in [6, 6.07) is 8.70. The van der Waals surface area contributed by atoms with Crippen LogP contribution in [-0.4, -0.2) is 6.10 Å². The number of hydrogen-bond donors (Lipinski definition) is 1. The van der Waals surface area contributed by atoms with Crippen molar-refractivity contribution in [3.05, 3.63) is 29.8 Å². The normalized spacial score (nSPS) is 28.1. The van der Waals surface area contributed by atoms with Gasteiger partial charge in [-0.2, -0.15) is 0 Å². The first-order valence-electron chi connectivity index (χ1n) is 8.28. The van der Waals surface area contributed by atoms with Gasteiger partial charge >= 0.3 is 0 Å². The smallest absolute Gasteiger partial charge is 0.119 e. The molecular formula is C18H27NO. The van der Waals surface area contributed by atoms with Crippen LogP contribution < -0.4 is 10.5 Å². The molecule has 0 aliphatic heterocycles. The van der Waals surface area contributed by atoms with Crippen LogP contribution in [0.2, 0.25) is 0 Å². The topological polar surface area (TPSA) is 35.2 Å². The Morgan fingerprint density at radius 3 is 2.55 bits per heavy atom. The first-order chi connectivity index (χ1) is 9.76. The molecule has 2 saturated carbocycles. The van der Waals surface area contributed by atoms with Crippen molar-refractivity contribution in [1.82, 2.24) is 0 Å². The summed E-state index contributed by atoms with van der Waals surface area (Å²) >= 11 is 0. The molecule has 2 nitrogen and oxygen atoms in total. The second-order valence-corrected chi connectivity index (χ2v) is 6.61. The molecule has 2 fully saturated rings. The summed E-state index contributed by atoms with van der Waals surface area (Å²) in [4.78, 5) is 0. The van der Waals surface area contributed by atoms with Gasteiger partial charge < -0.3 is 10.5 Å². The van der Waals surface area contributed by atoms with Crippen molar-refractivity contribution < 1.29 is 4.74 Å². The summed E-state index contributed by atoms with van der Waals surface area (Å²) in [7, 11) is 0. The molecule has 1 aromatic rings. The fraction of sp³-hybridized carbons (Fsp3) is 0.667. The van der Waals surface area contributed by atoms with E-state index in [1.165, 1.54) is 50.5 Å². The molecule has 2 heteroatoms. The molecule has 2 N–H and O–H groups in total. The number of rotatable bonds is 5. The maximum atomic E-state index is 6.51. The van der Waals surface area contributed by atoms with Gasteiger partial charge in [-0.1, -0.05) is 38.3 Å². The molecule has 3 rings (SSSR count). The Morgan fingerprint density at radius 1 is 1.15 bits per heavy atom. The molecule has 0 saturated heterocycles. The largest absolute Gasteiger partial charge is 0.490 e. The molecule has 0 amide bonds. The molecule has 110 valence electrons. The van der Waals surface area contributed by atoms with E-state index in [4.69, 9.17) is 10.5 Å². The van der Waals surface area contributed by atoms with E-state index in [0.717, 1.165) is 11.7 Å². The Morgan fingerprint density at radius 2 is 1.90 bits per heavy atom. The molecule has 0 heterocycles. The van der Waals surface area contributed by atoms with E-state index >= 15 is 0 Å². The number of benzene rings is 1. The van der Waals surface area contributed by atoms with Gasteiger partial charge in [0.1, 0.15) is 5.75 Å². The Kier molecular flexibility index (Phi) is 4.30. The van der Waals surface area contributed by atoms with E-state index in [0.29, 0.717) is 12.0 Å². The Hall–Kier alpha value is -1.02. The zero-order chi connectivity index (χ0) is 13.9. The standard InChI is InChI=1S/C18H27NO/c1-2-13-4-3-5-15(12-13)18(19)14-6-8-16(9-7-14)20-17-10-11-17/h6-9,13,15,17-18H,2-5,10-12,19H2,1H3. The van der Waals surface area contributed by atoms with Crippen LogP contribution in [0.25, 0.3) is 0 Å². The summed E-state index contributed by atoms with van der Waals surface area (Å²) in [5, 5.41) is 0. The maximum Gasteiger partial charge on any atom is 0.119 e. The van der Waals surface area contributed by atoms with Crippen LogP contribution in [0, 0.1) is 11.8 Å². The van der Waals surface area contributed by atoms with Gasteiger partial charge in [0, 0.05) is 6.04 Å². The van der Waals surface area contributed by atoms with E-state index in [9.17, 15) is 0 Å². The van der Waals surface area contributed by atoms with Crippen LogP contribution in [0.3, 0.4) is 0 Å². The van der Waals surface area contributed by atoms with E-state index < -0.39 is 0 Å². The van der Waals surface area contributed by atoms with Crippen LogP contribution in [0.5, 0.6) is 5.75 Å². The highest BCUT2D eigenvalue weighted by Gasteiger charge is 2.27. The Labute approximate surface area is 122 Å². The van der Waals surface area contributed by atoms with Gasteiger partial charge in [0.05, 0.1) is 6.10 Å². The van der Waals surface area contributed by atoms with E-state index in [1.807, 2.05) is 0 Å². The molecule has 3 atom stereocenters.